The van der Waals surface area contributed by atoms with E-state index in [4.69, 9.17) is 32.7 Å². The summed E-state index contributed by atoms with van der Waals surface area (Å²) in [7, 11) is 1.65. The average molecular weight is 308 g/mol. The van der Waals surface area contributed by atoms with Crippen LogP contribution >= 0.6 is 23.2 Å². The van der Waals surface area contributed by atoms with E-state index in [1.807, 2.05) is 6.92 Å². The number of rotatable bonds is 8. The van der Waals surface area contributed by atoms with E-state index in [1.54, 1.807) is 25.3 Å². The minimum absolute atomic E-state index is 0.107. The fourth-order valence-corrected chi connectivity index (χ4v) is 1.70. The second-order valence-corrected chi connectivity index (χ2v) is 5.09. The highest BCUT2D eigenvalue weighted by Gasteiger charge is 2.08. The van der Waals surface area contributed by atoms with Gasteiger partial charge >= 0.3 is 0 Å². The molecule has 0 bridgehead atoms. The first-order valence-electron chi connectivity index (χ1n) is 6.02. The zero-order valence-electron chi connectivity index (χ0n) is 11.0. The number of methoxy groups -OCH3 is 1. The van der Waals surface area contributed by atoms with Crippen LogP contribution in [0.4, 0.5) is 0 Å². The quantitative estimate of drug-likeness (QED) is 0.774. The molecule has 4 nitrogen and oxygen atoms in total. The Morgan fingerprint density at radius 3 is 2.74 bits per heavy atom. The summed E-state index contributed by atoms with van der Waals surface area (Å²) < 4.78 is 10.5. The number of ether oxygens (including phenoxy) is 2. The molecule has 1 aromatic carbocycles. The van der Waals surface area contributed by atoms with Crippen LogP contribution in [-0.4, -0.2) is 44.1 Å². The van der Waals surface area contributed by atoms with E-state index in [-0.39, 0.29) is 12.7 Å². The molecule has 0 fully saturated rings. The number of hydrogen-bond acceptors (Lipinski definition) is 4. The van der Waals surface area contributed by atoms with Gasteiger partial charge in [-0.3, -0.25) is 0 Å². The summed E-state index contributed by atoms with van der Waals surface area (Å²) in [6, 6.07) is 4.96. The van der Waals surface area contributed by atoms with Crippen LogP contribution < -0.4 is 10.1 Å². The van der Waals surface area contributed by atoms with Crippen LogP contribution in [-0.2, 0) is 4.74 Å². The van der Waals surface area contributed by atoms with Gasteiger partial charge in [0, 0.05) is 31.3 Å². The van der Waals surface area contributed by atoms with E-state index >= 15 is 0 Å². The Bertz CT molecular complexity index is 390. The van der Waals surface area contributed by atoms with Gasteiger partial charge in [-0.2, -0.15) is 0 Å². The summed E-state index contributed by atoms with van der Waals surface area (Å²) in [5, 5.41) is 13.8. The lowest BCUT2D eigenvalue weighted by Crippen LogP contribution is -2.35. The van der Waals surface area contributed by atoms with Gasteiger partial charge in [0.05, 0.1) is 11.1 Å². The molecule has 1 aromatic rings. The Morgan fingerprint density at radius 1 is 1.32 bits per heavy atom. The monoisotopic (exact) mass is 307 g/mol. The molecule has 2 N–H and O–H groups in total. The van der Waals surface area contributed by atoms with E-state index in [0.717, 1.165) is 0 Å². The van der Waals surface area contributed by atoms with E-state index in [9.17, 15) is 5.11 Å². The van der Waals surface area contributed by atoms with Crippen LogP contribution in [0.1, 0.15) is 6.92 Å². The fourth-order valence-electron chi connectivity index (χ4n) is 1.37. The highest BCUT2D eigenvalue weighted by molar-refractivity contribution is 6.34. The minimum Gasteiger partial charge on any atom is -0.489 e. The van der Waals surface area contributed by atoms with Gasteiger partial charge in [0.2, 0.25) is 0 Å². The van der Waals surface area contributed by atoms with Gasteiger partial charge in [0.15, 0.2) is 0 Å². The van der Waals surface area contributed by atoms with Crippen LogP contribution in [0, 0.1) is 0 Å². The van der Waals surface area contributed by atoms with Gasteiger partial charge in [-0.05, 0) is 19.1 Å². The molecule has 0 spiro atoms. The number of hydrogen-bond donors (Lipinski definition) is 2. The number of halogens is 2. The molecular formula is C13H19Cl2NO3. The Balaban J connectivity index is 2.29. The molecule has 0 aromatic heterocycles. The molecule has 2 unspecified atom stereocenters. The van der Waals surface area contributed by atoms with Crippen LogP contribution in [0.5, 0.6) is 5.75 Å². The molecule has 19 heavy (non-hydrogen) atoms. The molecule has 2 atom stereocenters. The maximum atomic E-state index is 9.75. The molecule has 6 heteroatoms. The van der Waals surface area contributed by atoms with Gasteiger partial charge in [0.1, 0.15) is 18.5 Å². The SMILES string of the molecule is COC(C)CNCC(O)COc1cc(Cl)ccc1Cl. The number of aliphatic hydroxyl groups is 1. The van der Waals surface area contributed by atoms with E-state index < -0.39 is 6.10 Å². The van der Waals surface area contributed by atoms with Crippen LogP contribution in [0.2, 0.25) is 10.0 Å². The van der Waals surface area contributed by atoms with Gasteiger partial charge in [0.25, 0.3) is 0 Å². The molecule has 0 amide bonds. The average Bonchev–Trinajstić information content (AvgIpc) is 2.39. The van der Waals surface area contributed by atoms with Crippen molar-refractivity contribution in [3.63, 3.8) is 0 Å². The molecule has 0 aliphatic rings. The molecule has 0 aliphatic heterocycles. The zero-order chi connectivity index (χ0) is 14.3. The predicted molar refractivity (Wildman–Crippen MR) is 77.3 cm³/mol. The molecule has 0 saturated carbocycles. The summed E-state index contributed by atoms with van der Waals surface area (Å²) in [6.45, 7) is 3.19. The lowest BCUT2D eigenvalue weighted by atomic mass is 10.3. The van der Waals surface area contributed by atoms with Crippen molar-refractivity contribution in [2.45, 2.75) is 19.1 Å². The van der Waals surface area contributed by atoms with E-state index in [1.165, 1.54) is 0 Å². The van der Waals surface area contributed by atoms with Crippen LogP contribution in [0.25, 0.3) is 0 Å². The molecule has 0 heterocycles. The Hall–Kier alpha value is -0.520. The van der Waals surface area contributed by atoms with Crippen molar-refractivity contribution >= 4 is 23.2 Å². The van der Waals surface area contributed by atoms with Gasteiger partial charge in [-0.1, -0.05) is 23.2 Å². The minimum atomic E-state index is -0.626. The smallest absolute Gasteiger partial charge is 0.139 e. The summed E-state index contributed by atoms with van der Waals surface area (Å²) in [4.78, 5) is 0. The molecule has 108 valence electrons. The van der Waals surface area contributed by atoms with Crippen molar-refractivity contribution in [2.24, 2.45) is 0 Å². The van der Waals surface area contributed by atoms with Crippen molar-refractivity contribution in [2.75, 3.05) is 26.8 Å². The largest absolute Gasteiger partial charge is 0.489 e. The second-order valence-electron chi connectivity index (χ2n) is 4.24. The molecular weight excluding hydrogens is 289 g/mol. The maximum absolute atomic E-state index is 9.75. The van der Waals surface area contributed by atoms with Crippen LogP contribution in [0.3, 0.4) is 0 Å². The Kier molecular flexibility index (Phi) is 7.49. The van der Waals surface area contributed by atoms with E-state index in [2.05, 4.69) is 5.32 Å². The Morgan fingerprint density at radius 2 is 2.05 bits per heavy atom. The lowest BCUT2D eigenvalue weighted by molar-refractivity contribution is 0.0904. The third kappa shape index (κ3) is 6.45. The topological polar surface area (TPSA) is 50.7 Å². The molecule has 1 rings (SSSR count). The van der Waals surface area contributed by atoms with Crippen molar-refractivity contribution in [3.8, 4) is 5.75 Å². The highest BCUT2D eigenvalue weighted by atomic mass is 35.5. The maximum Gasteiger partial charge on any atom is 0.139 e. The Labute approximate surface area is 123 Å². The number of aliphatic hydroxyl groups excluding tert-OH is 1. The molecule has 0 radical (unpaired) electrons. The highest BCUT2D eigenvalue weighted by Crippen LogP contribution is 2.27. The van der Waals surface area contributed by atoms with Crippen molar-refractivity contribution in [1.29, 1.82) is 0 Å². The summed E-state index contributed by atoms with van der Waals surface area (Å²) in [5.74, 6) is 0.471. The van der Waals surface area contributed by atoms with Crippen LogP contribution in [0.15, 0.2) is 18.2 Å². The third-order valence-corrected chi connectivity index (χ3v) is 3.09. The molecule has 0 saturated heterocycles. The van der Waals surface area contributed by atoms with Crippen molar-refractivity contribution < 1.29 is 14.6 Å². The first-order valence-corrected chi connectivity index (χ1v) is 6.78. The first-order chi connectivity index (χ1) is 9.02. The van der Waals surface area contributed by atoms with E-state index in [0.29, 0.717) is 28.9 Å². The zero-order valence-corrected chi connectivity index (χ0v) is 12.5. The standard InChI is InChI=1S/C13H19Cl2NO3/c1-9(18-2)6-16-7-11(17)8-19-13-5-10(14)3-4-12(13)15/h3-5,9,11,16-17H,6-8H2,1-2H3. The predicted octanol–water partition coefficient (Wildman–Crippen LogP) is 2.36. The third-order valence-electron chi connectivity index (χ3n) is 2.54. The second kappa shape index (κ2) is 8.61. The summed E-state index contributed by atoms with van der Waals surface area (Å²) >= 11 is 11.8. The lowest BCUT2D eigenvalue weighted by Gasteiger charge is -2.16. The normalized spacial score (nSPS) is 14.2. The van der Waals surface area contributed by atoms with Gasteiger partial charge in [-0.15, -0.1) is 0 Å². The number of benzene rings is 1. The molecule has 0 aliphatic carbocycles. The summed E-state index contributed by atoms with van der Waals surface area (Å²) in [5.41, 5.74) is 0. The van der Waals surface area contributed by atoms with Crippen molar-refractivity contribution in [3.05, 3.63) is 28.2 Å². The van der Waals surface area contributed by atoms with Gasteiger partial charge in [-0.25, -0.2) is 0 Å². The number of nitrogens with one attached hydrogen (secondary N) is 1. The van der Waals surface area contributed by atoms with Gasteiger partial charge < -0.3 is 19.9 Å². The first kappa shape index (κ1) is 16.5. The van der Waals surface area contributed by atoms with Crippen molar-refractivity contribution in [1.82, 2.24) is 5.32 Å². The fraction of sp³-hybridized carbons (Fsp3) is 0.538. The summed E-state index contributed by atoms with van der Waals surface area (Å²) in [6.07, 6.45) is -0.519.